The molecule has 276 valence electrons. The van der Waals surface area contributed by atoms with Crippen LogP contribution in [0.2, 0.25) is 36.3 Å². The van der Waals surface area contributed by atoms with Crippen molar-refractivity contribution in [1.29, 1.82) is 0 Å². The Morgan fingerprint density at radius 2 is 1.43 bits per heavy atom. The Labute approximate surface area is 306 Å². The zero-order chi connectivity index (χ0) is 36.8. The Bertz CT molecular complexity index is 1440. The SMILES string of the molecule is C[C@@H](CSc1cccc(C(C)(C)O)c1)[C@H]1CC[C@H]2C(O)(c3ccc(CO[Si](C)(C)C(C)(C)C)c(CO[Si](C)(C)C(C)(C)C)c3)CCC[C@]12C. The maximum Gasteiger partial charge on any atom is 0.192 e. The second kappa shape index (κ2) is 14.5. The summed E-state index contributed by atoms with van der Waals surface area (Å²) in [6.45, 7) is 32.8. The standard InChI is InChI=1S/C42H70O4SSi2/c1-30(29-47-35-18-15-17-33(26-35)40(8,9)43)36-21-22-37-41(36,10)23-16-24-42(37,44)34-20-19-31(27-45-48(11,12)38(2,3)4)32(25-34)28-46-49(13,14)39(5,6)7/h15,17-20,25-26,30,36-37,43-44H,16,21-24,27-29H2,1-14H3/t30-,36+,37+,41+,42?/m0/s1. The van der Waals surface area contributed by atoms with Gasteiger partial charge >= 0.3 is 0 Å². The van der Waals surface area contributed by atoms with E-state index in [1.54, 1.807) is 0 Å². The molecular formula is C42H70O4SSi2. The van der Waals surface area contributed by atoms with E-state index in [4.69, 9.17) is 8.85 Å². The average Bonchev–Trinajstić information content (AvgIpc) is 3.35. The molecule has 1 unspecified atom stereocenters. The molecule has 0 aliphatic heterocycles. The Kier molecular flexibility index (Phi) is 12.1. The van der Waals surface area contributed by atoms with E-state index < -0.39 is 27.8 Å². The highest BCUT2D eigenvalue weighted by molar-refractivity contribution is 7.99. The number of aliphatic hydroxyl groups is 2. The molecule has 2 fully saturated rings. The molecule has 0 heterocycles. The Morgan fingerprint density at radius 1 is 0.837 bits per heavy atom. The predicted octanol–water partition coefficient (Wildman–Crippen LogP) is 11.8. The summed E-state index contributed by atoms with van der Waals surface area (Å²) in [5.74, 6) is 2.36. The minimum Gasteiger partial charge on any atom is -0.413 e. The van der Waals surface area contributed by atoms with E-state index >= 15 is 0 Å². The van der Waals surface area contributed by atoms with E-state index in [1.807, 2.05) is 31.7 Å². The number of thioether (sulfide) groups is 1. The molecule has 2 aliphatic rings. The molecule has 4 rings (SSSR count). The first-order valence-corrected chi connectivity index (χ1v) is 25.7. The Morgan fingerprint density at radius 3 is 2.00 bits per heavy atom. The molecule has 2 aromatic carbocycles. The fourth-order valence-electron chi connectivity index (χ4n) is 8.03. The van der Waals surface area contributed by atoms with Gasteiger partial charge in [-0.2, -0.15) is 0 Å². The van der Waals surface area contributed by atoms with Crippen LogP contribution < -0.4 is 0 Å². The Balaban J connectivity index is 1.59. The predicted molar refractivity (Wildman–Crippen MR) is 214 cm³/mol. The molecule has 49 heavy (non-hydrogen) atoms. The highest BCUT2D eigenvalue weighted by Gasteiger charge is 2.58. The van der Waals surface area contributed by atoms with Crippen LogP contribution in [0.5, 0.6) is 0 Å². The van der Waals surface area contributed by atoms with Crippen molar-refractivity contribution < 1.29 is 19.1 Å². The van der Waals surface area contributed by atoms with E-state index in [0.29, 0.717) is 25.0 Å². The van der Waals surface area contributed by atoms with Gasteiger partial charge in [0.25, 0.3) is 0 Å². The number of fused-ring (bicyclic) bond motifs is 1. The number of rotatable bonds is 12. The van der Waals surface area contributed by atoms with Crippen molar-refractivity contribution >= 4 is 28.4 Å². The van der Waals surface area contributed by atoms with Crippen LogP contribution in [0, 0.1) is 23.2 Å². The second-order valence-corrected chi connectivity index (χ2v) is 30.2. The van der Waals surface area contributed by atoms with E-state index in [2.05, 4.69) is 118 Å². The van der Waals surface area contributed by atoms with Gasteiger partial charge in [0.1, 0.15) is 0 Å². The highest BCUT2D eigenvalue weighted by Crippen LogP contribution is 2.63. The number of benzene rings is 2. The summed E-state index contributed by atoms with van der Waals surface area (Å²) in [6, 6.07) is 15.1. The van der Waals surface area contributed by atoms with Gasteiger partial charge in [-0.3, -0.25) is 0 Å². The summed E-state index contributed by atoms with van der Waals surface area (Å²) in [5.41, 5.74) is 2.80. The average molecular weight is 727 g/mol. The van der Waals surface area contributed by atoms with Crippen molar-refractivity contribution in [3.63, 3.8) is 0 Å². The minimum absolute atomic E-state index is 0.0871. The monoisotopic (exact) mass is 726 g/mol. The van der Waals surface area contributed by atoms with Crippen LogP contribution >= 0.6 is 11.8 Å². The first kappa shape index (κ1) is 40.8. The van der Waals surface area contributed by atoms with Crippen LogP contribution in [0.15, 0.2) is 47.4 Å². The normalized spacial score (nSPS) is 26.1. The largest absolute Gasteiger partial charge is 0.413 e. The van der Waals surface area contributed by atoms with Gasteiger partial charge in [-0.25, -0.2) is 0 Å². The van der Waals surface area contributed by atoms with Crippen molar-refractivity contribution in [2.45, 2.75) is 167 Å². The summed E-state index contributed by atoms with van der Waals surface area (Å²) in [5, 5.41) is 23.7. The van der Waals surface area contributed by atoms with E-state index in [-0.39, 0.29) is 21.4 Å². The molecule has 5 atom stereocenters. The van der Waals surface area contributed by atoms with Gasteiger partial charge in [0.2, 0.25) is 0 Å². The van der Waals surface area contributed by atoms with Gasteiger partial charge in [0.15, 0.2) is 16.6 Å². The molecular weight excluding hydrogens is 657 g/mol. The summed E-state index contributed by atoms with van der Waals surface area (Å²) < 4.78 is 13.6. The summed E-state index contributed by atoms with van der Waals surface area (Å²) in [6.07, 6.45) is 5.25. The van der Waals surface area contributed by atoms with E-state index in [1.165, 1.54) is 22.4 Å². The lowest BCUT2D eigenvalue weighted by Crippen LogP contribution is -2.48. The van der Waals surface area contributed by atoms with Crippen molar-refractivity contribution in [3.05, 3.63) is 64.7 Å². The van der Waals surface area contributed by atoms with Crippen LogP contribution in [-0.2, 0) is 33.3 Å². The second-order valence-electron chi connectivity index (χ2n) is 19.5. The maximum atomic E-state index is 12.8. The smallest absolute Gasteiger partial charge is 0.192 e. The fourth-order valence-corrected chi connectivity index (χ4v) is 11.0. The Hall–Kier alpha value is -0.936. The van der Waals surface area contributed by atoms with Gasteiger partial charge in [0, 0.05) is 10.6 Å². The zero-order valence-electron chi connectivity index (χ0n) is 33.5. The highest BCUT2D eigenvalue weighted by atomic mass is 32.2. The molecule has 0 bridgehead atoms. The fraction of sp³-hybridized carbons (Fsp3) is 0.714. The molecule has 2 aliphatic carbocycles. The van der Waals surface area contributed by atoms with Crippen LogP contribution in [0.4, 0.5) is 0 Å². The first-order valence-electron chi connectivity index (χ1n) is 18.9. The van der Waals surface area contributed by atoms with Crippen molar-refractivity contribution in [3.8, 4) is 0 Å². The molecule has 0 radical (unpaired) electrons. The van der Waals surface area contributed by atoms with Crippen molar-refractivity contribution in [2.75, 3.05) is 5.75 Å². The zero-order valence-corrected chi connectivity index (χ0v) is 36.4. The molecule has 2 aromatic rings. The summed E-state index contributed by atoms with van der Waals surface area (Å²) >= 11 is 1.91. The summed E-state index contributed by atoms with van der Waals surface area (Å²) in [4.78, 5) is 1.22. The lowest BCUT2D eigenvalue weighted by atomic mass is 9.56. The van der Waals surface area contributed by atoms with E-state index in [9.17, 15) is 10.2 Å². The van der Waals surface area contributed by atoms with Gasteiger partial charge in [-0.15, -0.1) is 11.8 Å². The lowest BCUT2D eigenvalue weighted by molar-refractivity contribution is -0.114. The molecule has 0 spiro atoms. The third-order valence-corrected chi connectivity index (χ3v) is 23.7. The lowest BCUT2D eigenvalue weighted by Gasteiger charge is -2.51. The third-order valence-electron chi connectivity index (χ3n) is 13.5. The minimum atomic E-state index is -1.99. The van der Waals surface area contributed by atoms with Gasteiger partial charge in [-0.05, 0) is 140 Å². The molecule has 7 heteroatoms. The van der Waals surface area contributed by atoms with Crippen LogP contribution in [0.1, 0.15) is 124 Å². The molecule has 0 amide bonds. The molecule has 2 N–H and O–H groups in total. The first-order chi connectivity index (χ1) is 22.3. The number of hydrogen-bond acceptors (Lipinski definition) is 5. The van der Waals surface area contributed by atoms with Gasteiger partial charge < -0.3 is 19.1 Å². The molecule has 0 aromatic heterocycles. The third kappa shape index (κ3) is 8.83. The summed E-state index contributed by atoms with van der Waals surface area (Å²) in [7, 11) is -3.93. The van der Waals surface area contributed by atoms with Crippen LogP contribution in [-0.4, -0.2) is 32.6 Å². The van der Waals surface area contributed by atoms with Crippen molar-refractivity contribution in [2.24, 2.45) is 23.2 Å². The van der Waals surface area contributed by atoms with Crippen LogP contribution in [0.25, 0.3) is 0 Å². The molecule has 0 saturated heterocycles. The topological polar surface area (TPSA) is 58.9 Å². The quantitative estimate of drug-likeness (QED) is 0.168. The van der Waals surface area contributed by atoms with Crippen LogP contribution in [0.3, 0.4) is 0 Å². The van der Waals surface area contributed by atoms with E-state index in [0.717, 1.165) is 42.6 Å². The van der Waals surface area contributed by atoms with Gasteiger partial charge in [-0.1, -0.05) is 85.7 Å². The maximum absolute atomic E-state index is 12.8. The van der Waals surface area contributed by atoms with Crippen molar-refractivity contribution in [1.82, 2.24) is 0 Å². The molecule has 2 saturated carbocycles. The number of hydrogen-bond donors (Lipinski definition) is 2. The molecule has 4 nitrogen and oxygen atoms in total. The van der Waals surface area contributed by atoms with Gasteiger partial charge in [0.05, 0.1) is 24.4 Å².